The smallest absolute Gasteiger partial charge is 0.306 e. The van der Waals surface area contributed by atoms with Crippen LogP contribution >= 0.6 is 0 Å². The van der Waals surface area contributed by atoms with E-state index in [2.05, 4.69) is 167 Å². The Morgan fingerprint density at radius 2 is 0.470 bits per heavy atom. The molecule has 0 heterocycles. The fraction of sp³-hybridized carbons (Fsp3) is 0.649. The quantitative estimate of drug-likeness (QED) is 0.0261. The van der Waals surface area contributed by atoms with Crippen molar-refractivity contribution in [3.05, 3.63) is 146 Å². The molecular formula is C77H126O6. The van der Waals surface area contributed by atoms with E-state index in [9.17, 15) is 14.4 Å². The lowest BCUT2D eigenvalue weighted by molar-refractivity contribution is -0.167. The molecule has 0 amide bonds. The molecule has 0 aliphatic carbocycles. The molecule has 83 heavy (non-hydrogen) atoms. The van der Waals surface area contributed by atoms with E-state index in [0.717, 1.165) is 148 Å². The van der Waals surface area contributed by atoms with Crippen molar-refractivity contribution < 1.29 is 28.6 Å². The lowest BCUT2D eigenvalue weighted by atomic mass is 10.1. The Labute approximate surface area is 512 Å². The summed E-state index contributed by atoms with van der Waals surface area (Å²) >= 11 is 0. The first kappa shape index (κ1) is 78.3. The van der Waals surface area contributed by atoms with Gasteiger partial charge in [0.25, 0.3) is 0 Å². The highest BCUT2D eigenvalue weighted by atomic mass is 16.6. The van der Waals surface area contributed by atoms with Crippen LogP contribution in [0.2, 0.25) is 0 Å². The summed E-state index contributed by atoms with van der Waals surface area (Å²) in [7, 11) is 0. The van der Waals surface area contributed by atoms with Gasteiger partial charge in [0, 0.05) is 19.3 Å². The molecule has 0 rings (SSSR count). The Morgan fingerprint density at radius 1 is 0.253 bits per heavy atom. The van der Waals surface area contributed by atoms with Crippen LogP contribution < -0.4 is 0 Å². The van der Waals surface area contributed by atoms with E-state index in [4.69, 9.17) is 14.2 Å². The maximum absolute atomic E-state index is 13.0. The number of hydrogen-bond donors (Lipinski definition) is 0. The molecule has 6 nitrogen and oxygen atoms in total. The van der Waals surface area contributed by atoms with Crippen molar-refractivity contribution in [3.8, 4) is 0 Å². The number of unbranched alkanes of at least 4 members (excludes halogenated alkanes) is 26. The van der Waals surface area contributed by atoms with Crippen molar-refractivity contribution in [2.45, 2.75) is 309 Å². The molecule has 1 atom stereocenters. The van der Waals surface area contributed by atoms with E-state index in [1.165, 1.54) is 116 Å². The molecule has 0 spiro atoms. The molecule has 470 valence electrons. The number of esters is 3. The van der Waals surface area contributed by atoms with Gasteiger partial charge >= 0.3 is 17.9 Å². The SMILES string of the molecule is CC/C=C\C/C=C\C/C=C\C/C=C\C/C=C\C/C=C\C/C=C\CCCCCCCCCC(=O)OCC(COC(=O)CCCCCCC/C=C\CCCCCCCC)OC(=O)CCCCCCCCCC/C=C\C/C=C\C/C=C\C/C=C\CC. The minimum atomic E-state index is -0.798. The van der Waals surface area contributed by atoms with Gasteiger partial charge in [-0.05, 0) is 141 Å². The monoisotopic (exact) mass is 1150 g/mol. The van der Waals surface area contributed by atoms with Crippen LogP contribution in [0.25, 0.3) is 0 Å². The molecule has 1 unspecified atom stereocenters. The minimum absolute atomic E-state index is 0.0928. The number of carbonyl (C=O) groups is 3. The third-order valence-electron chi connectivity index (χ3n) is 14.3. The third-order valence-corrected chi connectivity index (χ3v) is 14.3. The van der Waals surface area contributed by atoms with Crippen LogP contribution in [0.1, 0.15) is 303 Å². The fourth-order valence-electron chi connectivity index (χ4n) is 9.23. The molecule has 0 N–H and O–H groups in total. The van der Waals surface area contributed by atoms with Gasteiger partial charge in [-0.25, -0.2) is 0 Å². The summed E-state index contributed by atoms with van der Waals surface area (Å²) in [5.41, 5.74) is 0. The first-order valence-corrected chi connectivity index (χ1v) is 34.3. The zero-order chi connectivity index (χ0) is 59.9. The molecule has 6 heteroatoms. The standard InChI is InChI=1S/C77H126O6/c1-4-7-10-13-16-19-22-25-28-30-32-34-35-36-37-38-39-40-41-43-44-46-49-52-55-58-61-64-67-70-76(79)82-73-74(72-81-75(78)69-66-63-60-57-54-51-48-27-24-21-18-15-12-9-6-3)83-77(80)71-68-65-62-59-56-53-50-47-45-42-33-31-29-26-23-20-17-14-11-8-5-2/h7-8,10-11,16-17,19-20,25-29,32-34,36-37,39-40,42-44,48,74H,4-6,9,12-15,18,21-24,30-31,35,38,41,45-47,49-73H2,1-3H3/b10-7-,11-8-,19-16-,20-17-,28-25-,29-26-,34-32-,37-36-,40-39-,42-33-,44-43-,48-27-. The second-order valence-corrected chi connectivity index (χ2v) is 22.3. The number of ether oxygens (including phenoxy) is 3. The van der Waals surface area contributed by atoms with Gasteiger partial charge in [0.15, 0.2) is 6.10 Å². The Hall–Kier alpha value is -4.71. The average molecular weight is 1150 g/mol. The van der Waals surface area contributed by atoms with Crippen molar-refractivity contribution in [1.29, 1.82) is 0 Å². The zero-order valence-corrected chi connectivity index (χ0v) is 53.9. The van der Waals surface area contributed by atoms with Gasteiger partial charge in [0.1, 0.15) is 13.2 Å². The van der Waals surface area contributed by atoms with Gasteiger partial charge in [-0.3, -0.25) is 14.4 Å². The van der Waals surface area contributed by atoms with Crippen molar-refractivity contribution in [3.63, 3.8) is 0 Å². The molecule has 0 aromatic carbocycles. The Kier molecular flexibility index (Phi) is 65.8. The van der Waals surface area contributed by atoms with Crippen molar-refractivity contribution in [1.82, 2.24) is 0 Å². The van der Waals surface area contributed by atoms with E-state index in [1.54, 1.807) is 0 Å². The van der Waals surface area contributed by atoms with E-state index >= 15 is 0 Å². The van der Waals surface area contributed by atoms with Crippen LogP contribution in [0.3, 0.4) is 0 Å². The number of carbonyl (C=O) groups excluding carboxylic acids is 3. The molecule has 0 aliphatic rings. The normalized spacial score (nSPS) is 13.0. The highest BCUT2D eigenvalue weighted by Gasteiger charge is 2.19. The Morgan fingerprint density at radius 3 is 0.747 bits per heavy atom. The number of rotatable bonds is 61. The summed E-state index contributed by atoms with van der Waals surface area (Å²) in [4.78, 5) is 38.4. The highest BCUT2D eigenvalue weighted by molar-refractivity contribution is 5.71. The molecular weight excluding hydrogens is 1020 g/mol. The van der Waals surface area contributed by atoms with Crippen LogP contribution in [0.4, 0.5) is 0 Å². The van der Waals surface area contributed by atoms with Gasteiger partial charge in [0.05, 0.1) is 0 Å². The molecule has 0 saturated heterocycles. The summed E-state index contributed by atoms with van der Waals surface area (Å²) < 4.78 is 17.0. The highest BCUT2D eigenvalue weighted by Crippen LogP contribution is 2.15. The lowest BCUT2D eigenvalue weighted by Crippen LogP contribution is -2.30. The van der Waals surface area contributed by atoms with Gasteiger partial charge < -0.3 is 14.2 Å². The molecule has 0 radical (unpaired) electrons. The molecule has 0 fully saturated rings. The molecule has 0 aromatic heterocycles. The molecule has 0 bridgehead atoms. The zero-order valence-electron chi connectivity index (χ0n) is 53.9. The van der Waals surface area contributed by atoms with Crippen molar-refractivity contribution in [2.24, 2.45) is 0 Å². The van der Waals surface area contributed by atoms with Crippen molar-refractivity contribution in [2.75, 3.05) is 13.2 Å². The predicted molar refractivity (Wildman–Crippen MR) is 362 cm³/mol. The van der Waals surface area contributed by atoms with Crippen LogP contribution in [0.15, 0.2) is 146 Å². The lowest BCUT2D eigenvalue weighted by Gasteiger charge is -2.18. The second-order valence-electron chi connectivity index (χ2n) is 22.3. The van der Waals surface area contributed by atoms with Crippen LogP contribution in [0.5, 0.6) is 0 Å². The van der Waals surface area contributed by atoms with Crippen LogP contribution in [-0.2, 0) is 28.6 Å². The molecule has 0 aliphatic heterocycles. The van der Waals surface area contributed by atoms with E-state index in [0.29, 0.717) is 19.3 Å². The Bertz CT molecular complexity index is 1800. The first-order valence-electron chi connectivity index (χ1n) is 34.3. The summed E-state index contributed by atoms with van der Waals surface area (Å²) in [5.74, 6) is -0.915. The molecule has 0 aromatic rings. The summed E-state index contributed by atoms with van der Waals surface area (Å²) in [6, 6.07) is 0. The average Bonchev–Trinajstić information content (AvgIpc) is 3.49. The topological polar surface area (TPSA) is 78.9 Å². The van der Waals surface area contributed by atoms with Gasteiger partial charge in [-0.1, -0.05) is 289 Å². The second kappa shape index (κ2) is 69.8. The predicted octanol–water partition coefficient (Wildman–Crippen LogP) is 23.9. The fourth-order valence-corrected chi connectivity index (χ4v) is 9.23. The van der Waals surface area contributed by atoms with Crippen LogP contribution in [0, 0.1) is 0 Å². The summed E-state index contributed by atoms with van der Waals surface area (Å²) in [5, 5.41) is 0. The third kappa shape index (κ3) is 68.0. The minimum Gasteiger partial charge on any atom is -0.462 e. The van der Waals surface area contributed by atoms with E-state index < -0.39 is 6.10 Å². The van der Waals surface area contributed by atoms with Crippen molar-refractivity contribution >= 4 is 17.9 Å². The van der Waals surface area contributed by atoms with E-state index in [1.807, 2.05) is 0 Å². The number of allylic oxidation sites excluding steroid dienone is 24. The van der Waals surface area contributed by atoms with Gasteiger partial charge in [0.2, 0.25) is 0 Å². The number of hydrogen-bond acceptors (Lipinski definition) is 6. The summed E-state index contributed by atoms with van der Waals surface area (Å²) in [6.07, 6.45) is 100.0. The Balaban J connectivity index is 4.40. The first-order chi connectivity index (χ1) is 41.0. The maximum atomic E-state index is 13.0. The van der Waals surface area contributed by atoms with E-state index in [-0.39, 0.29) is 31.1 Å². The van der Waals surface area contributed by atoms with Gasteiger partial charge in [-0.15, -0.1) is 0 Å². The molecule has 0 saturated carbocycles. The van der Waals surface area contributed by atoms with Gasteiger partial charge in [-0.2, -0.15) is 0 Å². The summed E-state index contributed by atoms with van der Waals surface area (Å²) in [6.45, 7) is 6.40. The largest absolute Gasteiger partial charge is 0.462 e. The van der Waals surface area contributed by atoms with Crippen LogP contribution in [-0.4, -0.2) is 37.2 Å². The maximum Gasteiger partial charge on any atom is 0.306 e.